The third kappa shape index (κ3) is 3.46. The third-order valence-electron chi connectivity index (χ3n) is 5.87. The molecule has 3 aromatic carbocycles. The Balaban J connectivity index is 1.78. The number of benzene rings is 3. The predicted molar refractivity (Wildman–Crippen MR) is 126 cm³/mol. The minimum atomic E-state index is -0.290. The van der Waals surface area contributed by atoms with E-state index in [0.717, 1.165) is 35.3 Å². The van der Waals surface area contributed by atoms with Gasteiger partial charge in [-0.3, -0.25) is 4.79 Å². The quantitative estimate of drug-likeness (QED) is 0.446. The fourth-order valence-electron chi connectivity index (χ4n) is 4.17. The Labute approximate surface area is 184 Å². The maximum Gasteiger partial charge on any atom is 0.279 e. The first-order valence-corrected chi connectivity index (χ1v) is 10.6. The molecule has 0 saturated carbocycles. The van der Waals surface area contributed by atoms with Gasteiger partial charge in [0.2, 0.25) is 0 Å². The Kier molecular flexibility index (Phi) is 5.25. The number of rotatable bonds is 4. The van der Waals surface area contributed by atoms with E-state index in [9.17, 15) is 9.70 Å². The average Bonchev–Trinajstić information content (AvgIpc) is 2.85. The standard InChI is InChI=1S/C25H22N4O3/c1-17-6-2-3-7-19(17)24-20-8-4-5-9-21(20)25(30)29(26-24)23-16-18(10-11-22(23)27-31)28-12-14-32-15-13-28/h2-11,16H,12-15H2,1H3. The number of aromatic nitrogens is 2. The summed E-state index contributed by atoms with van der Waals surface area (Å²) in [6.45, 7) is 4.76. The van der Waals surface area contributed by atoms with Crippen LogP contribution in [0.2, 0.25) is 0 Å². The van der Waals surface area contributed by atoms with E-state index in [0.29, 0.717) is 30.0 Å². The van der Waals surface area contributed by atoms with Crippen LogP contribution < -0.4 is 10.5 Å². The highest BCUT2D eigenvalue weighted by Gasteiger charge is 2.19. The van der Waals surface area contributed by atoms with E-state index in [-0.39, 0.29) is 11.2 Å². The van der Waals surface area contributed by atoms with Gasteiger partial charge in [0.05, 0.1) is 24.3 Å². The maximum absolute atomic E-state index is 13.5. The smallest absolute Gasteiger partial charge is 0.279 e. The molecule has 32 heavy (non-hydrogen) atoms. The summed E-state index contributed by atoms with van der Waals surface area (Å²) >= 11 is 0. The van der Waals surface area contributed by atoms with Crippen LogP contribution in [0.3, 0.4) is 0 Å². The molecule has 0 radical (unpaired) electrons. The predicted octanol–water partition coefficient (Wildman–Crippen LogP) is 4.60. The van der Waals surface area contributed by atoms with E-state index in [4.69, 9.17) is 9.84 Å². The minimum Gasteiger partial charge on any atom is -0.378 e. The molecule has 0 N–H and O–H groups in total. The van der Waals surface area contributed by atoms with Crippen molar-refractivity contribution in [3.63, 3.8) is 0 Å². The van der Waals surface area contributed by atoms with E-state index in [1.165, 1.54) is 4.68 Å². The molecular formula is C25H22N4O3. The summed E-state index contributed by atoms with van der Waals surface area (Å²) in [5, 5.41) is 9.25. The van der Waals surface area contributed by atoms with Crippen molar-refractivity contribution < 1.29 is 4.74 Å². The number of hydrogen-bond donors (Lipinski definition) is 0. The fourth-order valence-corrected chi connectivity index (χ4v) is 4.17. The molecule has 4 aromatic rings. The molecule has 7 heteroatoms. The molecule has 1 aliphatic rings. The zero-order valence-corrected chi connectivity index (χ0v) is 17.7. The molecule has 0 amide bonds. The van der Waals surface area contributed by atoms with E-state index in [1.54, 1.807) is 12.1 Å². The first-order valence-electron chi connectivity index (χ1n) is 10.6. The Morgan fingerprint density at radius 2 is 1.66 bits per heavy atom. The van der Waals surface area contributed by atoms with Crippen molar-refractivity contribution in [1.29, 1.82) is 0 Å². The molecule has 7 nitrogen and oxygen atoms in total. The third-order valence-corrected chi connectivity index (χ3v) is 5.87. The van der Waals surface area contributed by atoms with Crippen molar-refractivity contribution in [1.82, 2.24) is 9.78 Å². The van der Waals surface area contributed by atoms with E-state index >= 15 is 0 Å². The molecule has 1 fully saturated rings. The maximum atomic E-state index is 13.5. The molecule has 5 rings (SSSR count). The van der Waals surface area contributed by atoms with Crippen LogP contribution >= 0.6 is 0 Å². The van der Waals surface area contributed by atoms with Gasteiger partial charge in [-0.05, 0) is 41.9 Å². The largest absolute Gasteiger partial charge is 0.378 e. The number of hydrogen-bond acceptors (Lipinski definition) is 6. The van der Waals surface area contributed by atoms with Crippen LogP contribution in [0.15, 0.2) is 76.7 Å². The Morgan fingerprint density at radius 1 is 0.938 bits per heavy atom. The SMILES string of the molecule is Cc1ccccc1-c1nn(-c2cc(N3CCOCC3)ccc2N=O)c(=O)c2ccccc12. The number of aryl methyl sites for hydroxylation is 1. The van der Waals surface area contributed by atoms with Crippen molar-refractivity contribution in [2.45, 2.75) is 6.92 Å². The molecule has 0 unspecified atom stereocenters. The summed E-state index contributed by atoms with van der Waals surface area (Å²) in [5.74, 6) is 0. The summed E-state index contributed by atoms with van der Waals surface area (Å²) in [4.78, 5) is 27.3. The molecule has 0 spiro atoms. The van der Waals surface area contributed by atoms with Gasteiger partial charge in [0.15, 0.2) is 0 Å². The van der Waals surface area contributed by atoms with E-state index in [1.807, 2.05) is 61.5 Å². The van der Waals surface area contributed by atoms with Crippen molar-refractivity contribution in [2.75, 3.05) is 31.2 Å². The fraction of sp³-hybridized carbons (Fsp3) is 0.200. The van der Waals surface area contributed by atoms with E-state index < -0.39 is 0 Å². The van der Waals surface area contributed by atoms with Crippen LogP contribution in [-0.4, -0.2) is 36.1 Å². The summed E-state index contributed by atoms with van der Waals surface area (Å²) in [7, 11) is 0. The Bertz CT molecular complexity index is 1370. The highest BCUT2D eigenvalue weighted by molar-refractivity contribution is 5.94. The minimum absolute atomic E-state index is 0.169. The average molecular weight is 426 g/mol. The van der Waals surface area contributed by atoms with Crippen molar-refractivity contribution >= 4 is 22.1 Å². The van der Waals surface area contributed by atoms with Gasteiger partial charge in [0, 0.05) is 29.7 Å². The zero-order chi connectivity index (χ0) is 22.1. The van der Waals surface area contributed by atoms with Gasteiger partial charge in [-0.15, -0.1) is 4.91 Å². The molecular weight excluding hydrogens is 404 g/mol. The molecule has 0 aliphatic carbocycles. The van der Waals surface area contributed by atoms with Crippen molar-refractivity contribution in [3.8, 4) is 16.9 Å². The number of morpholine rings is 1. The van der Waals surface area contributed by atoms with Crippen LogP contribution in [0.25, 0.3) is 27.7 Å². The molecule has 0 atom stereocenters. The van der Waals surface area contributed by atoms with Crippen LogP contribution in [0.4, 0.5) is 11.4 Å². The van der Waals surface area contributed by atoms with Gasteiger partial charge in [0.1, 0.15) is 11.4 Å². The van der Waals surface area contributed by atoms with Crippen molar-refractivity contribution in [3.05, 3.63) is 87.6 Å². The molecule has 160 valence electrons. The number of anilines is 1. The Hall–Kier alpha value is -3.84. The van der Waals surface area contributed by atoms with Gasteiger partial charge in [-0.2, -0.15) is 9.78 Å². The Morgan fingerprint density at radius 3 is 2.41 bits per heavy atom. The molecule has 1 aliphatic heterocycles. The number of nitrogens with zero attached hydrogens (tertiary/aromatic N) is 4. The van der Waals surface area contributed by atoms with Gasteiger partial charge in [-0.25, -0.2) is 0 Å². The second-order valence-corrected chi connectivity index (χ2v) is 7.79. The second kappa shape index (κ2) is 8.36. The molecule has 2 heterocycles. The zero-order valence-electron chi connectivity index (χ0n) is 17.7. The molecule has 1 aromatic heterocycles. The number of nitroso groups, excluding NO2 is 1. The number of ether oxygens (including phenoxy) is 1. The summed E-state index contributed by atoms with van der Waals surface area (Å²) in [6.07, 6.45) is 0. The first-order chi connectivity index (χ1) is 15.7. The summed E-state index contributed by atoms with van der Waals surface area (Å²) < 4.78 is 6.76. The van der Waals surface area contributed by atoms with Gasteiger partial charge in [-0.1, -0.05) is 42.5 Å². The van der Waals surface area contributed by atoms with Crippen molar-refractivity contribution in [2.24, 2.45) is 5.18 Å². The van der Waals surface area contributed by atoms with Crippen LogP contribution in [-0.2, 0) is 4.74 Å². The topological polar surface area (TPSA) is 76.8 Å². The van der Waals surface area contributed by atoms with Crippen LogP contribution in [0.1, 0.15) is 5.56 Å². The van der Waals surface area contributed by atoms with Crippen LogP contribution in [0.5, 0.6) is 0 Å². The van der Waals surface area contributed by atoms with Gasteiger partial charge in [0.25, 0.3) is 5.56 Å². The number of fused-ring (bicyclic) bond motifs is 1. The second-order valence-electron chi connectivity index (χ2n) is 7.79. The lowest BCUT2D eigenvalue weighted by atomic mass is 10.0. The van der Waals surface area contributed by atoms with Gasteiger partial charge >= 0.3 is 0 Å². The lowest BCUT2D eigenvalue weighted by molar-refractivity contribution is 0.122. The van der Waals surface area contributed by atoms with Gasteiger partial charge < -0.3 is 9.64 Å². The lowest BCUT2D eigenvalue weighted by Crippen LogP contribution is -2.36. The lowest BCUT2D eigenvalue weighted by Gasteiger charge is -2.29. The highest BCUT2D eigenvalue weighted by Crippen LogP contribution is 2.31. The molecule has 0 bridgehead atoms. The van der Waals surface area contributed by atoms with Crippen LogP contribution in [0, 0.1) is 11.8 Å². The normalized spacial score (nSPS) is 14.0. The summed E-state index contributed by atoms with van der Waals surface area (Å²) in [6, 6.07) is 20.6. The summed E-state index contributed by atoms with van der Waals surface area (Å²) in [5.41, 5.74) is 3.81. The van der Waals surface area contributed by atoms with E-state index in [2.05, 4.69) is 10.1 Å². The first kappa shape index (κ1) is 20.1. The highest BCUT2D eigenvalue weighted by atomic mass is 16.5. The molecule has 1 saturated heterocycles. The monoisotopic (exact) mass is 426 g/mol.